The van der Waals surface area contributed by atoms with Crippen molar-refractivity contribution in [3.63, 3.8) is 0 Å². The summed E-state index contributed by atoms with van der Waals surface area (Å²) in [5, 5.41) is 0.694. The average Bonchev–Trinajstić information content (AvgIpc) is 2.79. The lowest BCUT2D eigenvalue weighted by Crippen LogP contribution is -2.41. The van der Waals surface area contributed by atoms with E-state index >= 15 is 0 Å². The van der Waals surface area contributed by atoms with Gasteiger partial charge in [-0.3, -0.25) is 0 Å². The molecule has 162 valence electrons. The first-order chi connectivity index (χ1) is 14.6. The van der Waals surface area contributed by atoms with Crippen LogP contribution in [0, 0.1) is 11.8 Å². The molecular formula is C21H26BrClN4O2S. The Morgan fingerprint density at radius 3 is 2.17 bits per heavy atom. The minimum Gasteiger partial charge on any atom is -0.371 e. The molecule has 2 saturated heterocycles. The van der Waals surface area contributed by atoms with Crippen molar-refractivity contribution < 1.29 is 9.22 Å². The molecule has 1 aromatic carbocycles. The Bertz CT molecular complexity index is 828. The quantitative estimate of drug-likeness (QED) is 0.283. The van der Waals surface area contributed by atoms with Gasteiger partial charge in [0.05, 0.1) is 33.5 Å². The van der Waals surface area contributed by atoms with Gasteiger partial charge >= 0.3 is 0 Å². The summed E-state index contributed by atoms with van der Waals surface area (Å²) in [7, 11) is 1.48. The minimum atomic E-state index is 0.694. The molecule has 0 N–H and O–H groups in total. The van der Waals surface area contributed by atoms with E-state index in [2.05, 4.69) is 46.7 Å². The normalized spacial score (nSPS) is 18.8. The average molecular weight is 514 g/mol. The number of hydrogen-bond acceptors (Lipinski definition) is 7. The van der Waals surface area contributed by atoms with Gasteiger partial charge < -0.3 is 9.80 Å². The molecule has 4 rings (SSSR count). The predicted octanol–water partition coefficient (Wildman–Crippen LogP) is 5.61. The van der Waals surface area contributed by atoms with Crippen molar-refractivity contribution in [1.82, 2.24) is 9.97 Å². The van der Waals surface area contributed by atoms with Crippen molar-refractivity contribution in [2.24, 2.45) is 11.8 Å². The number of piperidine rings is 2. The number of hydrogen-bond donors (Lipinski definition) is 0. The smallest absolute Gasteiger partial charge is 0.225 e. The topological polar surface area (TPSA) is 50.7 Å². The Labute approximate surface area is 195 Å². The molecule has 2 aliphatic heterocycles. The Morgan fingerprint density at radius 1 is 1.00 bits per heavy atom. The molecule has 2 aromatic rings. The SMILES string of the molecule is COOSc1ccc(N2CCC(C3CCN(c4ncc(Br)cn4)CC3)CC2)cc1Cl. The molecule has 0 unspecified atom stereocenters. The summed E-state index contributed by atoms with van der Waals surface area (Å²) in [5.41, 5.74) is 1.18. The molecule has 9 heteroatoms. The monoisotopic (exact) mass is 512 g/mol. The van der Waals surface area contributed by atoms with Crippen molar-refractivity contribution in [3.05, 3.63) is 40.1 Å². The third kappa shape index (κ3) is 5.40. The van der Waals surface area contributed by atoms with Gasteiger partial charge in [0.15, 0.2) is 0 Å². The Kier molecular flexibility index (Phi) is 7.75. The van der Waals surface area contributed by atoms with E-state index in [4.69, 9.17) is 15.9 Å². The lowest BCUT2D eigenvalue weighted by molar-refractivity contribution is -0.160. The summed E-state index contributed by atoms with van der Waals surface area (Å²) in [6, 6.07) is 6.14. The van der Waals surface area contributed by atoms with Gasteiger partial charge in [0.25, 0.3) is 0 Å². The summed E-state index contributed by atoms with van der Waals surface area (Å²) in [6.07, 6.45) is 8.57. The van der Waals surface area contributed by atoms with Gasteiger partial charge in [0, 0.05) is 44.3 Å². The van der Waals surface area contributed by atoms with Gasteiger partial charge in [-0.05, 0) is 71.6 Å². The molecule has 1 aromatic heterocycles. The van der Waals surface area contributed by atoms with Gasteiger partial charge in [-0.2, -0.15) is 4.33 Å². The number of nitrogens with zero attached hydrogens (tertiary/aromatic N) is 4. The second-order valence-corrected chi connectivity index (χ2v) is 9.85. The molecule has 0 saturated carbocycles. The van der Waals surface area contributed by atoms with Crippen molar-refractivity contribution in [3.8, 4) is 0 Å². The minimum absolute atomic E-state index is 0.694. The van der Waals surface area contributed by atoms with Crippen LogP contribution in [0.2, 0.25) is 5.02 Å². The van der Waals surface area contributed by atoms with Gasteiger partial charge in [0.1, 0.15) is 0 Å². The van der Waals surface area contributed by atoms with Crippen LogP contribution in [0.4, 0.5) is 11.6 Å². The van der Waals surface area contributed by atoms with Crippen molar-refractivity contribution >= 4 is 51.2 Å². The Hall–Kier alpha value is -1.06. The van der Waals surface area contributed by atoms with Gasteiger partial charge in [-0.15, -0.1) is 0 Å². The molecule has 0 aliphatic carbocycles. The summed E-state index contributed by atoms with van der Waals surface area (Å²) in [5.74, 6) is 2.45. The zero-order valence-corrected chi connectivity index (χ0v) is 20.1. The lowest BCUT2D eigenvalue weighted by atomic mass is 9.79. The van der Waals surface area contributed by atoms with Crippen LogP contribution in [-0.4, -0.2) is 43.3 Å². The van der Waals surface area contributed by atoms with Crippen LogP contribution in [0.1, 0.15) is 25.7 Å². The van der Waals surface area contributed by atoms with Crippen LogP contribution in [0.25, 0.3) is 0 Å². The van der Waals surface area contributed by atoms with E-state index in [1.54, 1.807) is 0 Å². The first-order valence-corrected chi connectivity index (χ1v) is 12.2. The summed E-state index contributed by atoms with van der Waals surface area (Å²) in [4.78, 5) is 19.1. The van der Waals surface area contributed by atoms with Crippen LogP contribution < -0.4 is 9.80 Å². The number of halogens is 2. The molecule has 2 fully saturated rings. The molecular weight excluding hydrogens is 488 g/mol. The Balaban J connectivity index is 1.27. The number of rotatable bonds is 6. The Morgan fingerprint density at radius 2 is 1.60 bits per heavy atom. The van der Waals surface area contributed by atoms with Gasteiger partial charge in [-0.25, -0.2) is 14.9 Å². The van der Waals surface area contributed by atoms with Crippen molar-refractivity contribution in [1.29, 1.82) is 0 Å². The van der Waals surface area contributed by atoms with Crippen LogP contribution in [0.5, 0.6) is 0 Å². The van der Waals surface area contributed by atoms with Gasteiger partial charge in [0.2, 0.25) is 5.95 Å². The molecule has 0 spiro atoms. The third-order valence-corrected chi connectivity index (χ3v) is 7.68. The fourth-order valence-electron chi connectivity index (χ4n) is 4.49. The van der Waals surface area contributed by atoms with E-state index in [9.17, 15) is 0 Å². The zero-order chi connectivity index (χ0) is 20.9. The maximum atomic E-state index is 6.41. The van der Waals surface area contributed by atoms with Gasteiger partial charge in [-0.1, -0.05) is 11.6 Å². The molecule has 0 atom stereocenters. The fraction of sp³-hybridized carbons (Fsp3) is 0.524. The van der Waals surface area contributed by atoms with Crippen molar-refractivity contribution in [2.45, 2.75) is 30.6 Å². The second-order valence-electron chi connectivity index (χ2n) is 7.78. The maximum absolute atomic E-state index is 6.41. The second kappa shape index (κ2) is 10.5. The molecule has 0 amide bonds. The number of anilines is 2. The lowest BCUT2D eigenvalue weighted by Gasteiger charge is -2.41. The van der Waals surface area contributed by atoms with E-state index in [1.807, 2.05) is 24.5 Å². The van der Waals surface area contributed by atoms with Crippen LogP contribution in [-0.2, 0) is 9.22 Å². The van der Waals surface area contributed by atoms with E-state index in [1.165, 1.54) is 38.5 Å². The third-order valence-electron chi connectivity index (χ3n) is 6.11. The van der Waals surface area contributed by atoms with Crippen LogP contribution in [0.15, 0.2) is 40.0 Å². The molecule has 30 heavy (non-hydrogen) atoms. The first-order valence-electron chi connectivity index (χ1n) is 10.3. The molecule has 2 aliphatic rings. The van der Waals surface area contributed by atoms with Crippen LogP contribution >= 0.6 is 39.6 Å². The largest absolute Gasteiger partial charge is 0.371 e. The molecule has 0 bridgehead atoms. The fourth-order valence-corrected chi connectivity index (χ4v) is 5.37. The number of aromatic nitrogens is 2. The van der Waals surface area contributed by atoms with E-state index in [0.717, 1.165) is 65.4 Å². The van der Waals surface area contributed by atoms with E-state index in [-0.39, 0.29) is 0 Å². The summed E-state index contributed by atoms with van der Waals surface area (Å²) in [6.45, 7) is 4.26. The standard InChI is InChI=1S/C21H26BrClN4O2S/c1-28-29-30-20-3-2-18(12-19(20)23)26-8-4-15(5-9-26)16-6-10-27(11-7-16)21-24-13-17(22)14-25-21/h2-3,12-16H,4-11H2,1H3. The highest BCUT2D eigenvalue weighted by atomic mass is 79.9. The summed E-state index contributed by atoms with van der Waals surface area (Å²) < 4.78 is 5.84. The van der Waals surface area contributed by atoms with Crippen molar-refractivity contribution in [2.75, 3.05) is 43.1 Å². The molecule has 3 heterocycles. The highest BCUT2D eigenvalue weighted by molar-refractivity contribution is 9.10. The van der Waals surface area contributed by atoms with E-state index < -0.39 is 0 Å². The maximum Gasteiger partial charge on any atom is 0.225 e. The van der Waals surface area contributed by atoms with E-state index in [0.29, 0.717) is 5.02 Å². The highest BCUT2D eigenvalue weighted by Crippen LogP contribution is 2.36. The first kappa shape index (κ1) is 22.1. The molecule has 0 radical (unpaired) electrons. The van der Waals surface area contributed by atoms with Crippen LogP contribution in [0.3, 0.4) is 0 Å². The zero-order valence-electron chi connectivity index (χ0n) is 17.0. The highest BCUT2D eigenvalue weighted by Gasteiger charge is 2.30. The number of benzene rings is 1. The predicted molar refractivity (Wildman–Crippen MR) is 125 cm³/mol. The molecule has 6 nitrogen and oxygen atoms in total. The summed E-state index contributed by atoms with van der Waals surface area (Å²) >= 11 is 10.9.